The lowest BCUT2D eigenvalue weighted by molar-refractivity contribution is 0.0661. The average Bonchev–Trinajstić information content (AvgIpc) is 2.80. The molecule has 1 aliphatic heterocycles. The highest BCUT2D eigenvalue weighted by Gasteiger charge is 2.18. The van der Waals surface area contributed by atoms with Crippen LogP contribution in [-0.2, 0) is 4.74 Å². The van der Waals surface area contributed by atoms with E-state index in [0.29, 0.717) is 12.9 Å². The summed E-state index contributed by atoms with van der Waals surface area (Å²) in [6.07, 6.45) is 2.53. The molecule has 16 heavy (non-hydrogen) atoms. The highest BCUT2D eigenvalue weighted by atomic mass is 19.1. The molecule has 1 heterocycles. The Labute approximate surface area is 93.2 Å². The number of halogens is 1. The van der Waals surface area contributed by atoms with Gasteiger partial charge in [0.1, 0.15) is 6.61 Å². The third kappa shape index (κ3) is 2.39. The van der Waals surface area contributed by atoms with E-state index in [2.05, 4.69) is 0 Å². The molecule has 0 aliphatic carbocycles. The summed E-state index contributed by atoms with van der Waals surface area (Å²) >= 11 is 0. The van der Waals surface area contributed by atoms with Crippen molar-refractivity contribution in [3.05, 3.63) is 29.6 Å². The Hall–Kier alpha value is -1.42. The molecule has 1 atom stereocenters. The molecule has 1 aromatic rings. The van der Waals surface area contributed by atoms with Gasteiger partial charge in [-0.1, -0.05) is 6.07 Å². The van der Waals surface area contributed by atoms with E-state index >= 15 is 0 Å². The zero-order valence-electron chi connectivity index (χ0n) is 8.82. The number of ether oxygens (including phenoxy) is 2. The summed E-state index contributed by atoms with van der Waals surface area (Å²) in [6.45, 7) is 1.02. The smallest absolute Gasteiger partial charge is 0.165 e. The van der Waals surface area contributed by atoms with Crippen LogP contribution in [0.3, 0.4) is 0 Å². The van der Waals surface area contributed by atoms with Crippen molar-refractivity contribution in [2.45, 2.75) is 18.9 Å². The molecule has 0 saturated carbocycles. The van der Waals surface area contributed by atoms with Gasteiger partial charge in [-0.05, 0) is 25.0 Å². The van der Waals surface area contributed by atoms with E-state index in [1.165, 1.54) is 18.2 Å². The van der Waals surface area contributed by atoms with Gasteiger partial charge < -0.3 is 9.47 Å². The molecule has 1 aromatic carbocycles. The van der Waals surface area contributed by atoms with Crippen molar-refractivity contribution >= 4 is 6.29 Å². The van der Waals surface area contributed by atoms with Crippen LogP contribution in [0.2, 0.25) is 0 Å². The maximum Gasteiger partial charge on any atom is 0.165 e. The molecule has 3 nitrogen and oxygen atoms in total. The molecule has 0 aromatic heterocycles. The van der Waals surface area contributed by atoms with E-state index in [-0.39, 0.29) is 17.4 Å². The quantitative estimate of drug-likeness (QED) is 0.735. The van der Waals surface area contributed by atoms with Gasteiger partial charge in [0.2, 0.25) is 0 Å². The van der Waals surface area contributed by atoms with Gasteiger partial charge in [0.15, 0.2) is 17.9 Å². The molecule has 1 saturated heterocycles. The lowest BCUT2D eigenvalue weighted by Crippen LogP contribution is -2.17. The standard InChI is InChI=1S/C12H13FO3/c13-11-5-1-3-9(7-14)12(11)16-8-10-4-2-6-15-10/h1,3,5,7,10H,2,4,6,8H2. The Morgan fingerprint density at radius 3 is 3.12 bits per heavy atom. The molecular weight excluding hydrogens is 211 g/mol. The lowest BCUT2D eigenvalue weighted by Gasteiger charge is -2.13. The molecule has 86 valence electrons. The van der Waals surface area contributed by atoms with Crippen LogP contribution in [0.4, 0.5) is 4.39 Å². The molecule has 1 aliphatic rings. The lowest BCUT2D eigenvalue weighted by atomic mass is 10.2. The molecule has 0 bridgehead atoms. The Balaban J connectivity index is 2.04. The van der Waals surface area contributed by atoms with Crippen LogP contribution in [0.5, 0.6) is 5.75 Å². The minimum atomic E-state index is -0.511. The molecule has 4 heteroatoms. The third-order valence-corrected chi connectivity index (χ3v) is 2.56. The number of carbonyl (C=O) groups is 1. The minimum absolute atomic E-state index is 0.0131. The van der Waals surface area contributed by atoms with Crippen LogP contribution >= 0.6 is 0 Å². The number of hydrogen-bond donors (Lipinski definition) is 0. The van der Waals surface area contributed by atoms with Crippen LogP contribution in [0, 0.1) is 5.82 Å². The summed E-state index contributed by atoms with van der Waals surface area (Å²) in [5, 5.41) is 0. The first-order valence-corrected chi connectivity index (χ1v) is 5.29. The van der Waals surface area contributed by atoms with Gasteiger partial charge in [-0.15, -0.1) is 0 Å². The van der Waals surface area contributed by atoms with Crippen molar-refractivity contribution in [3.63, 3.8) is 0 Å². The second-order valence-electron chi connectivity index (χ2n) is 3.72. The number of rotatable bonds is 4. The van der Waals surface area contributed by atoms with Gasteiger partial charge in [-0.2, -0.15) is 0 Å². The second-order valence-corrected chi connectivity index (χ2v) is 3.72. The second kappa shape index (κ2) is 5.07. The van der Waals surface area contributed by atoms with Crippen LogP contribution in [0.1, 0.15) is 23.2 Å². The highest BCUT2D eigenvalue weighted by molar-refractivity contribution is 5.79. The van der Waals surface area contributed by atoms with E-state index in [0.717, 1.165) is 19.4 Å². The Morgan fingerprint density at radius 2 is 2.44 bits per heavy atom. The summed E-state index contributed by atoms with van der Waals surface area (Å²) in [5.74, 6) is -0.490. The van der Waals surface area contributed by atoms with Gasteiger partial charge in [0.05, 0.1) is 11.7 Å². The summed E-state index contributed by atoms with van der Waals surface area (Å²) in [4.78, 5) is 10.7. The zero-order valence-corrected chi connectivity index (χ0v) is 8.82. The number of aldehydes is 1. The molecule has 0 radical (unpaired) electrons. The fourth-order valence-corrected chi connectivity index (χ4v) is 1.72. The summed E-state index contributed by atoms with van der Waals surface area (Å²) in [6, 6.07) is 4.29. The summed E-state index contributed by atoms with van der Waals surface area (Å²) in [7, 11) is 0. The SMILES string of the molecule is O=Cc1cccc(F)c1OCC1CCCO1. The van der Waals surface area contributed by atoms with Crippen molar-refractivity contribution in [2.75, 3.05) is 13.2 Å². The highest BCUT2D eigenvalue weighted by Crippen LogP contribution is 2.22. The van der Waals surface area contributed by atoms with Crippen molar-refractivity contribution in [2.24, 2.45) is 0 Å². The number of hydrogen-bond acceptors (Lipinski definition) is 3. The van der Waals surface area contributed by atoms with Crippen LogP contribution in [0.15, 0.2) is 18.2 Å². The van der Waals surface area contributed by atoms with Gasteiger partial charge in [-0.3, -0.25) is 4.79 Å². The molecule has 0 spiro atoms. The van der Waals surface area contributed by atoms with E-state index < -0.39 is 5.82 Å². The molecule has 1 unspecified atom stereocenters. The molecular formula is C12H13FO3. The topological polar surface area (TPSA) is 35.5 Å². The Morgan fingerprint density at radius 1 is 1.56 bits per heavy atom. The van der Waals surface area contributed by atoms with Crippen molar-refractivity contribution < 1.29 is 18.7 Å². The first kappa shape index (κ1) is 11.1. The van der Waals surface area contributed by atoms with Crippen LogP contribution in [0.25, 0.3) is 0 Å². The van der Waals surface area contributed by atoms with Gasteiger partial charge in [0, 0.05) is 6.61 Å². The minimum Gasteiger partial charge on any atom is -0.487 e. The van der Waals surface area contributed by atoms with Crippen molar-refractivity contribution in [3.8, 4) is 5.75 Å². The number of para-hydroxylation sites is 1. The van der Waals surface area contributed by atoms with E-state index in [9.17, 15) is 9.18 Å². The molecule has 1 fully saturated rings. The number of benzene rings is 1. The third-order valence-electron chi connectivity index (χ3n) is 2.56. The fourth-order valence-electron chi connectivity index (χ4n) is 1.72. The predicted molar refractivity (Wildman–Crippen MR) is 56.3 cm³/mol. The molecule has 0 N–H and O–H groups in total. The first-order valence-electron chi connectivity index (χ1n) is 5.29. The Kier molecular flexibility index (Phi) is 3.51. The van der Waals surface area contributed by atoms with Gasteiger partial charge in [0.25, 0.3) is 0 Å². The average molecular weight is 224 g/mol. The van der Waals surface area contributed by atoms with Crippen molar-refractivity contribution in [1.82, 2.24) is 0 Å². The predicted octanol–water partition coefficient (Wildman–Crippen LogP) is 2.20. The first-order chi connectivity index (χ1) is 7.81. The maximum absolute atomic E-state index is 13.4. The normalized spacial score (nSPS) is 19.7. The van der Waals surface area contributed by atoms with Gasteiger partial charge >= 0.3 is 0 Å². The Bertz CT molecular complexity index is 373. The fraction of sp³-hybridized carbons (Fsp3) is 0.417. The van der Waals surface area contributed by atoms with Gasteiger partial charge in [-0.25, -0.2) is 4.39 Å². The van der Waals surface area contributed by atoms with E-state index in [1.807, 2.05) is 0 Å². The number of carbonyl (C=O) groups excluding carboxylic acids is 1. The largest absolute Gasteiger partial charge is 0.487 e. The zero-order chi connectivity index (χ0) is 11.4. The summed E-state index contributed by atoms with van der Waals surface area (Å²) < 4.78 is 24.1. The van der Waals surface area contributed by atoms with Crippen LogP contribution < -0.4 is 4.74 Å². The molecule has 0 amide bonds. The molecule has 2 rings (SSSR count). The summed E-state index contributed by atoms with van der Waals surface area (Å²) in [5.41, 5.74) is 0.234. The maximum atomic E-state index is 13.4. The monoisotopic (exact) mass is 224 g/mol. The van der Waals surface area contributed by atoms with Crippen LogP contribution in [-0.4, -0.2) is 25.6 Å². The van der Waals surface area contributed by atoms with E-state index in [1.54, 1.807) is 0 Å². The van der Waals surface area contributed by atoms with E-state index in [4.69, 9.17) is 9.47 Å². The van der Waals surface area contributed by atoms with Crippen molar-refractivity contribution in [1.29, 1.82) is 0 Å².